The summed E-state index contributed by atoms with van der Waals surface area (Å²) in [6.45, 7) is 5.82. The van der Waals surface area contributed by atoms with E-state index in [0.29, 0.717) is 0 Å². The Balaban J connectivity index is 1.49. The van der Waals surface area contributed by atoms with Crippen LogP contribution < -0.4 is 0 Å². The zero-order valence-corrected chi connectivity index (χ0v) is 14.5. The summed E-state index contributed by atoms with van der Waals surface area (Å²) >= 11 is 0. The molecule has 0 amide bonds. The fraction of sp³-hybridized carbons (Fsp3) is 0.556. The van der Waals surface area contributed by atoms with Crippen molar-refractivity contribution in [2.75, 3.05) is 13.1 Å². The van der Waals surface area contributed by atoms with Crippen LogP contribution >= 0.6 is 0 Å². The molecule has 126 valence electrons. The van der Waals surface area contributed by atoms with Gasteiger partial charge in [0.1, 0.15) is 5.82 Å². The Kier molecular flexibility index (Phi) is 4.14. The quantitative estimate of drug-likeness (QED) is 0.867. The minimum atomic E-state index is 0.851. The first kappa shape index (κ1) is 15.4. The molecule has 2 aliphatic heterocycles. The van der Waals surface area contributed by atoms with Crippen LogP contribution in [0, 0.1) is 6.92 Å². The standard InChI is InChI=1S/C18H24N6/c1-13-20-10-15(23(13)2)12-24-8-6-16-14(11-24)9-21-18(22-16)17-5-3-4-7-19-17/h9-10H,3-8,11-12H2,1-2H3. The maximum Gasteiger partial charge on any atom is 0.173 e. The van der Waals surface area contributed by atoms with Crippen molar-refractivity contribution >= 4 is 5.71 Å². The molecular formula is C18H24N6. The third kappa shape index (κ3) is 2.98. The molecule has 0 aliphatic carbocycles. The second-order valence-electron chi connectivity index (χ2n) is 6.77. The molecule has 2 aliphatic rings. The predicted molar refractivity (Wildman–Crippen MR) is 93.1 cm³/mol. The van der Waals surface area contributed by atoms with E-state index in [1.54, 1.807) is 0 Å². The van der Waals surface area contributed by atoms with Gasteiger partial charge in [0.15, 0.2) is 5.82 Å². The molecule has 24 heavy (non-hydrogen) atoms. The van der Waals surface area contributed by atoms with Crippen LogP contribution in [0.5, 0.6) is 0 Å². The van der Waals surface area contributed by atoms with E-state index >= 15 is 0 Å². The Hall–Kier alpha value is -2.08. The van der Waals surface area contributed by atoms with Crippen LogP contribution in [-0.4, -0.2) is 43.2 Å². The van der Waals surface area contributed by atoms with Gasteiger partial charge in [-0.3, -0.25) is 9.89 Å². The van der Waals surface area contributed by atoms with Crippen molar-refractivity contribution in [1.82, 2.24) is 24.4 Å². The van der Waals surface area contributed by atoms with Crippen molar-refractivity contribution in [1.29, 1.82) is 0 Å². The zero-order chi connectivity index (χ0) is 16.5. The van der Waals surface area contributed by atoms with Gasteiger partial charge in [0.25, 0.3) is 0 Å². The maximum atomic E-state index is 4.81. The van der Waals surface area contributed by atoms with Crippen LogP contribution in [0.4, 0.5) is 0 Å². The molecule has 0 radical (unpaired) electrons. The second kappa shape index (κ2) is 6.43. The summed E-state index contributed by atoms with van der Waals surface area (Å²) in [4.78, 5) is 20.8. The van der Waals surface area contributed by atoms with E-state index in [1.165, 1.54) is 29.8 Å². The van der Waals surface area contributed by atoms with E-state index < -0.39 is 0 Å². The Morgan fingerprint density at radius 1 is 1.12 bits per heavy atom. The summed E-state index contributed by atoms with van der Waals surface area (Å²) in [7, 11) is 2.08. The first-order chi connectivity index (χ1) is 11.7. The van der Waals surface area contributed by atoms with Gasteiger partial charge >= 0.3 is 0 Å². The summed E-state index contributed by atoms with van der Waals surface area (Å²) in [5, 5.41) is 0. The van der Waals surface area contributed by atoms with Crippen molar-refractivity contribution in [2.45, 2.75) is 45.7 Å². The average molecular weight is 324 g/mol. The predicted octanol–water partition coefficient (Wildman–Crippen LogP) is 2.05. The van der Waals surface area contributed by atoms with Gasteiger partial charge in [0.2, 0.25) is 0 Å². The van der Waals surface area contributed by atoms with E-state index in [1.807, 2.05) is 19.3 Å². The first-order valence-electron chi connectivity index (χ1n) is 8.79. The molecule has 0 aromatic carbocycles. The van der Waals surface area contributed by atoms with Gasteiger partial charge in [-0.2, -0.15) is 0 Å². The van der Waals surface area contributed by atoms with Crippen LogP contribution in [0.3, 0.4) is 0 Å². The van der Waals surface area contributed by atoms with Gasteiger partial charge in [0, 0.05) is 57.6 Å². The Labute approximate surface area is 142 Å². The lowest BCUT2D eigenvalue weighted by molar-refractivity contribution is 0.237. The summed E-state index contributed by atoms with van der Waals surface area (Å²) in [6.07, 6.45) is 8.38. The van der Waals surface area contributed by atoms with E-state index in [-0.39, 0.29) is 0 Å². The highest BCUT2D eigenvalue weighted by Crippen LogP contribution is 2.20. The molecular weight excluding hydrogens is 300 g/mol. The molecule has 0 spiro atoms. The fourth-order valence-electron chi connectivity index (χ4n) is 3.45. The Morgan fingerprint density at radius 3 is 2.79 bits per heavy atom. The van der Waals surface area contributed by atoms with Crippen molar-refractivity contribution in [3.63, 3.8) is 0 Å². The van der Waals surface area contributed by atoms with Crippen LogP contribution in [0.2, 0.25) is 0 Å². The SMILES string of the molecule is Cc1ncc(CN2CCc3nc(C4=NCCCC4)ncc3C2)n1C. The number of aliphatic imine (C=N–C) groups is 1. The largest absolute Gasteiger partial charge is 0.334 e. The summed E-state index contributed by atoms with van der Waals surface area (Å²) < 4.78 is 2.16. The third-order valence-electron chi connectivity index (χ3n) is 5.10. The van der Waals surface area contributed by atoms with E-state index in [2.05, 4.69) is 31.5 Å². The molecule has 0 fully saturated rings. The second-order valence-corrected chi connectivity index (χ2v) is 6.77. The number of rotatable bonds is 3. The average Bonchev–Trinajstić information content (AvgIpc) is 2.94. The number of fused-ring (bicyclic) bond motifs is 1. The van der Waals surface area contributed by atoms with Gasteiger partial charge in [0.05, 0.1) is 17.1 Å². The molecule has 0 unspecified atom stereocenters. The summed E-state index contributed by atoms with van der Waals surface area (Å²) in [6, 6.07) is 0. The topological polar surface area (TPSA) is 59.2 Å². The number of aryl methyl sites for hydroxylation is 1. The molecule has 6 heteroatoms. The van der Waals surface area contributed by atoms with Crippen LogP contribution in [-0.2, 0) is 26.6 Å². The van der Waals surface area contributed by atoms with Gasteiger partial charge in [-0.05, 0) is 26.2 Å². The highest BCUT2D eigenvalue weighted by Gasteiger charge is 2.21. The molecule has 0 N–H and O–H groups in total. The van der Waals surface area contributed by atoms with Crippen LogP contribution in [0.25, 0.3) is 0 Å². The lowest BCUT2D eigenvalue weighted by atomic mass is 10.1. The molecule has 4 rings (SSSR count). The van der Waals surface area contributed by atoms with Gasteiger partial charge in [-0.25, -0.2) is 15.0 Å². The third-order valence-corrected chi connectivity index (χ3v) is 5.10. The van der Waals surface area contributed by atoms with Crippen molar-refractivity contribution in [2.24, 2.45) is 12.0 Å². The van der Waals surface area contributed by atoms with E-state index in [0.717, 1.165) is 56.4 Å². The highest BCUT2D eigenvalue weighted by molar-refractivity contribution is 5.97. The fourth-order valence-corrected chi connectivity index (χ4v) is 3.45. The smallest absolute Gasteiger partial charge is 0.173 e. The van der Waals surface area contributed by atoms with Gasteiger partial charge < -0.3 is 4.57 Å². The number of hydrogen-bond donors (Lipinski definition) is 0. The number of nitrogens with zero attached hydrogens (tertiary/aromatic N) is 6. The maximum absolute atomic E-state index is 4.81. The summed E-state index contributed by atoms with van der Waals surface area (Å²) in [5.74, 6) is 1.91. The number of hydrogen-bond acceptors (Lipinski definition) is 5. The molecule has 0 saturated carbocycles. The van der Waals surface area contributed by atoms with Gasteiger partial charge in [-0.1, -0.05) is 0 Å². The minimum absolute atomic E-state index is 0.851. The lowest BCUT2D eigenvalue weighted by Gasteiger charge is -2.28. The minimum Gasteiger partial charge on any atom is -0.334 e. The summed E-state index contributed by atoms with van der Waals surface area (Å²) in [5.41, 5.74) is 4.80. The lowest BCUT2D eigenvalue weighted by Crippen LogP contribution is -2.32. The van der Waals surface area contributed by atoms with E-state index in [9.17, 15) is 0 Å². The number of aromatic nitrogens is 4. The molecule has 0 saturated heterocycles. The molecule has 4 heterocycles. The van der Waals surface area contributed by atoms with Crippen molar-refractivity contribution in [3.8, 4) is 0 Å². The molecule has 2 aromatic heterocycles. The van der Waals surface area contributed by atoms with Crippen molar-refractivity contribution in [3.05, 3.63) is 41.0 Å². The normalized spacial score (nSPS) is 18.3. The molecule has 6 nitrogen and oxygen atoms in total. The Bertz CT molecular complexity index is 776. The van der Waals surface area contributed by atoms with Crippen LogP contribution in [0.15, 0.2) is 17.4 Å². The molecule has 0 bridgehead atoms. The first-order valence-corrected chi connectivity index (χ1v) is 8.79. The number of imidazole rings is 1. The monoisotopic (exact) mass is 324 g/mol. The van der Waals surface area contributed by atoms with Crippen LogP contribution in [0.1, 0.15) is 47.9 Å². The van der Waals surface area contributed by atoms with E-state index in [4.69, 9.17) is 4.98 Å². The molecule has 2 aromatic rings. The highest BCUT2D eigenvalue weighted by atomic mass is 15.2. The van der Waals surface area contributed by atoms with Crippen molar-refractivity contribution < 1.29 is 0 Å². The molecule has 0 atom stereocenters. The Morgan fingerprint density at radius 2 is 2.04 bits per heavy atom. The zero-order valence-electron chi connectivity index (χ0n) is 14.5. The van der Waals surface area contributed by atoms with Gasteiger partial charge in [-0.15, -0.1) is 0 Å².